The summed E-state index contributed by atoms with van der Waals surface area (Å²) in [6.07, 6.45) is 1.70. The third kappa shape index (κ3) is 7.74. The van der Waals surface area contributed by atoms with Crippen LogP contribution >= 0.6 is 58.2 Å². The van der Waals surface area contributed by atoms with Gasteiger partial charge >= 0.3 is 0 Å². The standard InChI is InChI=1S/C18H18Cl4N2O3S2/c1-29(26,27)24(17-10-15(21)14(20)9-16(17)22)11-18(25)23-7-2-8-28-13-5-3-12(19)4-6-13/h3-6,9-10H,2,7-8,11H2,1H3,(H,23,25). The number of thioether (sulfide) groups is 1. The van der Waals surface area contributed by atoms with E-state index in [1.165, 1.54) is 12.1 Å². The van der Waals surface area contributed by atoms with Crippen LogP contribution in [0.25, 0.3) is 0 Å². The first-order chi connectivity index (χ1) is 13.6. The molecule has 1 amide bonds. The van der Waals surface area contributed by atoms with E-state index in [4.69, 9.17) is 46.4 Å². The Balaban J connectivity index is 1.90. The zero-order chi connectivity index (χ0) is 21.6. The summed E-state index contributed by atoms with van der Waals surface area (Å²) in [6, 6.07) is 10.2. The van der Waals surface area contributed by atoms with Crippen molar-refractivity contribution in [2.45, 2.75) is 11.3 Å². The van der Waals surface area contributed by atoms with Crippen LogP contribution in [0.3, 0.4) is 0 Å². The SMILES string of the molecule is CS(=O)(=O)N(CC(=O)NCCCSc1ccc(Cl)cc1)c1cc(Cl)c(Cl)cc1Cl. The number of halogens is 4. The summed E-state index contributed by atoms with van der Waals surface area (Å²) >= 11 is 25.5. The number of sulfonamides is 1. The van der Waals surface area contributed by atoms with E-state index in [9.17, 15) is 13.2 Å². The molecule has 0 bridgehead atoms. The summed E-state index contributed by atoms with van der Waals surface area (Å²) in [5.74, 6) is 0.338. The number of carbonyl (C=O) groups excluding carboxylic acids is 1. The van der Waals surface area contributed by atoms with E-state index in [1.54, 1.807) is 11.8 Å². The fraction of sp³-hybridized carbons (Fsp3) is 0.278. The fourth-order valence-corrected chi connectivity index (χ4v) is 4.82. The molecule has 2 rings (SSSR count). The minimum Gasteiger partial charge on any atom is -0.354 e. The molecule has 11 heteroatoms. The van der Waals surface area contributed by atoms with Crippen molar-refractivity contribution in [1.29, 1.82) is 0 Å². The lowest BCUT2D eigenvalue weighted by Crippen LogP contribution is -2.40. The van der Waals surface area contributed by atoms with E-state index in [0.717, 1.165) is 21.2 Å². The third-order valence-corrected chi connectivity index (χ3v) is 7.17. The zero-order valence-electron chi connectivity index (χ0n) is 15.3. The molecule has 0 atom stereocenters. The summed E-state index contributed by atoms with van der Waals surface area (Å²) in [5.41, 5.74) is 0.0945. The van der Waals surface area contributed by atoms with Gasteiger partial charge < -0.3 is 5.32 Å². The van der Waals surface area contributed by atoms with E-state index in [2.05, 4.69) is 5.32 Å². The van der Waals surface area contributed by atoms with Crippen LogP contribution in [0.5, 0.6) is 0 Å². The zero-order valence-corrected chi connectivity index (χ0v) is 19.9. The monoisotopic (exact) mass is 514 g/mol. The lowest BCUT2D eigenvalue weighted by atomic mass is 10.3. The molecule has 2 aromatic rings. The van der Waals surface area contributed by atoms with Crippen molar-refractivity contribution in [3.63, 3.8) is 0 Å². The van der Waals surface area contributed by atoms with Crippen molar-refractivity contribution in [1.82, 2.24) is 5.32 Å². The normalized spacial score (nSPS) is 11.3. The van der Waals surface area contributed by atoms with E-state index in [0.29, 0.717) is 18.0 Å². The topological polar surface area (TPSA) is 66.5 Å². The molecule has 0 saturated heterocycles. The Morgan fingerprint density at radius 1 is 1.03 bits per heavy atom. The highest BCUT2D eigenvalue weighted by Crippen LogP contribution is 2.35. The van der Waals surface area contributed by atoms with Gasteiger partial charge in [0.1, 0.15) is 6.54 Å². The quantitative estimate of drug-likeness (QED) is 0.277. The molecule has 5 nitrogen and oxygen atoms in total. The number of amides is 1. The molecule has 0 aromatic heterocycles. The van der Waals surface area contributed by atoms with Crippen LogP contribution in [0.1, 0.15) is 6.42 Å². The molecular formula is C18H18Cl4N2O3S2. The summed E-state index contributed by atoms with van der Waals surface area (Å²) < 4.78 is 25.2. The average Bonchev–Trinajstić information content (AvgIpc) is 2.63. The number of nitrogens with zero attached hydrogens (tertiary/aromatic N) is 1. The Hall–Kier alpha value is -0.830. The van der Waals surface area contributed by atoms with Gasteiger partial charge in [0.2, 0.25) is 15.9 Å². The van der Waals surface area contributed by atoms with Crippen LogP contribution in [-0.2, 0) is 14.8 Å². The van der Waals surface area contributed by atoms with Crippen molar-refractivity contribution in [3.8, 4) is 0 Å². The molecule has 0 unspecified atom stereocenters. The van der Waals surface area contributed by atoms with Gasteiger partial charge in [-0.1, -0.05) is 46.4 Å². The molecule has 29 heavy (non-hydrogen) atoms. The molecule has 0 aliphatic rings. The predicted molar refractivity (Wildman–Crippen MR) is 123 cm³/mol. The summed E-state index contributed by atoms with van der Waals surface area (Å²) in [5, 5.41) is 3.80. The van der Waals surface area contributed by atoms with Gasteiger partial charge in [0.25, 0.3) is 0 Å². The van der Waals surface area contributed by atoms with Gasteiger partial charge in [-0.3, -0.25) is 9.10 Å². The number of nitrogens with one attached hydrogen (secondary N) is 1. The number of anilines is 1. The largest absolute Gasteiger partial charge is 0.354 e. The van der Waals surface area contributed by atoms with E-state index in [1.807, 2.05) is 24.3 Å². The van der Waals surface area contributed by atoms with E-state index < -0.39 is 22.5 Å². The molecule has 0 heterocycles. The fourth-order valence-electron chi connectivity index (χ4n) is 2.29. The maximum atomic E-state index is 12.3. The van der Waals surface area contributed by atoms with Crippen LogP contribution in [0.15, 0.2) is 41.3 Å². The maximum absolute atomic E-state index is 12.3. The highest BCUT2D eigenvalue weighted by molar-refractivity contribution is 7.99. The van der Waals surface area contributed by atoms with Gasteiger partial charge in [0.15, 0.2) is 0 Å². The Labute approximate surface area is 194 Å². The first kappa shape index (κ1) is 24.4. The van der Waals surface area contributed by atoms with Gasteiger partial charge in [-0.2, -0.15) is 0 Å². The van der Waals surface area contributed by atoms with E-state index >= 15 is 0 Å². The minimum absolute atomic E-state index is 0.0805. The lowest BCUT2D eigenvalue weighted by molar-refractivity contribution is -0.119. The Morgan fingerprint density at radius 3 is 2.28 bits per heavy atom. The molecule has 0 aliphatic carbocycles. The molecule has 0 aliphatic heterocycles. The maximum Gasteiger partial charge on any atom is 0.240 e. The highest BCUT2D eigenvalue weighted by Gasteiger charge is 2.24. The molecule has 0 fully saturated rings. The van der Waals surface area contributed by atoms with Crippen LogP contribution in [-0.4, -0.2) is 39.4 Å². The van der Waals surface area contributed by atoms with Gasteiger partial charge in [0.05, 0.1) is 27.0 Å². The molecule has 0 spiro atoms. The summed E-state index contributed by atoms with van der Waals surface area (Å²) in [7, 11) is -3.77. The summed E-state index contributed by atoms with van der Waals surface area (Å²) in [6.45, 7) is -0.00697. The Kier molecular flexibility index (Phi) is 9.25. The van der Waals surface area contributed by atoms with Crippen molar-refractivity contribution in [2.24, 2.45) is 0 Å². The number of benzene rings is 2. The molecular weight excluding hydrogens is 498 g/mol. The van der Waals surface area contributed by atoms with E-state index in [-0.39, 0.29) is 20.8 Å². The Morgan fingerprint density at radius 2 is 1.66 bits per heavy atom. The van der Waals surface area contributed by atoms with Crippen LogP contribution in [0.2, 0.25) is 20.1 Å². The second-order valence-corrected chi connectivity index (χ2v) is 10.7. The Bertz CT molecular complexity index is 970. The molecule has 0 saturated carbocycles. The molecule has 0 radical (unpaired) electrons. The van der Waals surface area contributed by atoms with Gasteiger partial charge in [-0.15, -0.1) is 11.8 Å². The van der Waals surface area contributed by atoms with Crippen molar-refractivity contribution in [3.05, 3.63) is 56.5 Å². The van der Waals surface area contributed by atoms with Crippen LogP contribution in [0, 0.1) is 0 Å². The second-order valence-electron chi connectivity index (χ2n) is 5.99. The van der Waals surface area contributed by atoms with Gasteiger partial charge in [-0.25, -0.2) is 8.42 Å². The highest BCUT2D eigenvalue weighted by atomic mass is 35.5. The average molecular weight is 516 g/mol. The molecule has 2 aromatic carbocycles. The van der Waals surface area contributed by atoms with Gasteiger partial charge in [-0.05, 0) is 48.6 Å². The lowest BCUT2D eigenvalue weighted by Gasteiger charge is -2.23. The van der Waals surface area contributed by atoms with Crippen molar-refractivity contribution >= 4 is 79.8 Å². The van der Waals surface area contributed by atoms with Crippen molar-refractivity contribution in [2.75, 3.05) is 29.4 Å². The van der Waals surface area contributed by atoms with Crippen molar-refractivity contribution < 1.29 is 13.2 Å². The first-order valence-corrected chi connectivity index (χ1v) is 12.7. The number of hydrogen-bond donors (Lipinski definition) is 1. The van der Waals surface area contributed by atoms with Crippen LogP contribution in [0.4, 0.5) is 5.69 Å². The van der Waals surface area contributed by atoms with Gasteiger partial charge in [0, 0.05) is 16.5 Å². The molecule has 1 N–H and O–H groups in total. The van der Waals surface area contributed by atoms with Crippen LogP contribution < -0.4 is 9.62 Å². The first-order valence-electron chi connectivity index (χ1n) is 8.35. The minimum atomic E-state index is -3.77. The number of carbonyl (C=O) groups is 1. The number of hydrogen-bond acceptors (Lipinski definition) is 4. The third-order valence-electron chi connectivity index (χ3n) is 3.67. The number of rotatable bonds is 9. The summed E-state index contributed by atoms with van der Waals surface area (Å²) in [4.78, 5) is 13.3. The second kappa shape index (κ2) is 11.0. The predicted octanol–water partition coefficient (Wildman–Crippen LogP) is 5.36. The molecule has 158 valence electrons. The smallest absolute Gasteiger partial charge is 0.240 e.